The molecule has 4 unspecified atom stereocenters. The second kappa shape index (κ2) is 8.00. The first kappa shape index (κ1) is 23.7. The van der Waals surface area contributed by atoms with Crippen LogP contribution in [0.4, 0.5) is 0 Å². The van der Waals surface area contributed by atoms with Crippen molar-refractivity contribution < 1.29 is 29.3 Å². The average Bonchev–Trinajstić information content (AvgIpc) is 2.87. The van der Waals surface area contributed by atoms with E-state index in [4.69, 9.17) is 9.47 Å². The van der Waals surface area contributed by atoms with Gasteiger partial charge in [-0.15, -0.1) is 0 Å². The van der Waals surface area contributed by atoms with Gasteiger partial charge in [0.15, 0.2) is 5.78 Å². The van der Waals surface area contributed by atoms with Gasteiger partial charge in [-0.05, 0) is 56.7 Å². The number of aliphatic hydroxyl groups excluding tert-OH is 1. The van der Waals surface area contributed by atoms with Crippen LogP contribution in [-0.2, 0) is 14.3 Å². The van der Waals surface area contributed by atoms with Gasteiger partial charge < -0.3 is 19.7 Å². The van der Waals surface area contributed by atoms with Crippen molar-refractivity contribution in [3.8, 4) is 0 Å². The highest BCUT2D eigenvalue weighted by Crippen LogP contribution is 2.61. The zero-order valence-electron chi connectivity index (χ0n) is 20.5. The summed E-state index contributed by atoms with van der Waals surface area (Å²) in [4.78, 5) is 27.4. The van der Waals surface area contributed by atoms with Crippen LogP contribution >= 0.6 is 0 Å². The van der Waals surface area contributed by atoms with Crippen molar-refractivity contribution in [2.24, 2.45) is 22.7 Å². The van der Waals surface area contributed by atoms with E-state index in [1.165, 1.54) is 0 Å². The summed E-state index contributed by atoms with van der Waals surface area (Å²) in [6.07, 6.45) is 0.815. The van der Waals surface area contributed by atoms with Gasteiger partial charge in [-0.1, -0.05) is 44.5 Å². The number of ketones is 1. The molecule has 1 heterocycles. The van der Waals surface area contributed by atoms with Crippen molar-refractivity contribution in [3.63, 3.8) is 0 Å². The number of hydrogen-bond acceptors (Lipinski definition) is 6. The zero-order chi connectivity index (χ0) is 24.5. The minimum Gasteiger partial charge on any atom is -0.455 e. The van der Waals surface area contributed by atoms with Gasteiger partial charge in [0.25, 0.3) is 0 Å². The van der Waals surface area contributed by atoms with Crippen LogP contribution in [-0.4, -0.2) is 52.5 Å². The van der Waals surface area contributed by atoms with E-state index in [1.807, 2.05) is 33.8 Å². The van der Waals surface area contributed by atoms with E-state index >= 15 is 0 Å². The van der Waals surface area contributed by atoms with Crippen molar-refractivity contribution in [2.75, 3.05) is 6.61 Å². The predicted octanol–water partition coefficient (Wildman–Crippen LogP) is 3.84. The molecule has 6 nitrogen and oxygen atoms in total. The Morgan fingerprint density at radius 1 is 1.15 bits per heavy atom. The highest BCUT2D eigenvalue weighted by atomic mass is 16.6. The van der Waals surface area contributed by atoms with Crippen LogP contribution in [0.5, 0.6) is 0 Å². The Hall–Kier alpha value is -2.02. The lowest BCUT2D eigenvalue weighted by Gasteiger charge is -2.61. The summed E-state index contributed by atoms with van der Waals surface area (Å²) in [7, 11) is 0. The van der Waals surface area contributed by atoms with Gasteiger partial charge in [-0.25, -0.2) is 4.79 Å². The molecule has 1 aliphatic heterocycles. The van der Waals surface area contributed by atoms with Crippen LogP contribution in [0.15, 0.2) is 41.5 Å². The van der Waals surface area contributed by atoms with Gasteiger partial charge in [0, 0.05) is 22.7 Å². The zero-order valence-corrected chi connectivity index (χ0v) is 20.5. The monoisotopic (exact) mass is 468 g/mol. The molecule has 2 N–H and O–H groups in total. The van der Waals surface area contributed by atoms with Gasteiger partial charge in [0.05, 0.1) is 18.3 Å². The molecule has 0 spiro atoms. The maximum absolute atomic E-state index is 14.0. The summed E-state index contributed by atoms with van der Waals surface area (Å²) in [5.41, 5.74) is -1.41. The molecule has 184 valence electrons. The minimum atomic E-state index is -1.45. The first-order valence-electron chi connectivity index (χ1n) is 12.5. The lowest BCUT2D eigenvalue weighted by atomic mass is 9.48. The molecular formula is C28H36O6. The van der Waals surface area contributed by atoms with E-state index in [1.54, 1.807) is 24.3 Å². The quantitative estimate of drug-likeness (QED) is 0.506. The maximum Gasteiger partial charge on any atom is 0.338 e. The molecule has 3 aliphatic carbocycles. The van der Waals surface area contributed by atoms with Gasteiger partial charge in [-0.3, -0.25) is 4.79 Å². The van der Waals surface area contributed by atoms with E-state index in [9.17, 15) is 19.8 Å². The fourth-order valence-corrected chi connectivity index (χ4v) is 7.48. The number of carbonyl (C=O) groups is 2. The van der Waals surface area contributed by atoms with Gasteiger partial charge in [-0.2, -0.15) is 0 Å². The molecule has 1 aromatic carbocycles. The van der Waals surface area contributed by atoms with E-state index in [-0.39, 0.29) is 17.8 Å². The van der Waals surface area contributed by atoms with Crippen molar-refractivity contribution in [1.29, 1.82) is 0 Å². The number of esters is 1. The molecule has 34 heavy (non-hydrogen) atoms. The van der Waals surface area contributed by atoms with E-state index < -0.39 is 40.5 Å². The number of benzene rings is 1. The molecule has 6 heteroatoms. The Bertz CT molecular complexity index is 1030. The van der Waals surface area contributed by atoms with Crippen LogP contribution in [0.1, 0.15) is 70.2 Å². The number of aliphatic hydroxyl groups is 2. The summed E-state index contributed by atoms with van der Waals surface area (Å²) in [6, 6.07) is 8.80. The molecule has 0 radical (unpaired) electrons. The first-order valence-corrected chi connectivity index (χ1v) is 12.5. The highest BCUT2D eigenvalue weighted by molar-refractivity contribution is 5.93. The highest BCUT2D eigenvalue weighted by Gasteiger charge is 2.68. The topological polar surface area (TPSA) is 93.1 Å². The molecule has 7 atom stereocenters. The molecule has 1 saturated heterocycles. The van der Waals surface area contributed by atoms with Crippen LogP contribution in [0.3, 0.4) is 0 Å². The third kappa shape index (κ3) is 3.18. The Balaban J connectivity index is 1.71. The van der Waals surface area contributed by atoms with Gasteiger partial charge in [0.1, 0.15) is 17.8 Å². The average molecular weight is 469 g/mol. The molecule has 2 saturated carbocycles. The maximum atomic E-state index is 14.0. The number of fused-ring (bicyclic) bond motifs is 5. The SMILES string of the molecule is CC1=C2C(O)C(=O)C3(C)CC[C@H]4OCC4[C@H]3[C@H](OC(=O)c3ccccc3)C(O)(CCC1)C2(C)C. The number of allylic oxidation sites excluding steroid dienone is 1. The summed E-state index contributed by atoms with van der Waals surface area (Å²) < 4.78 is 12.1. The summed E-state index contributed by atoms with van der Waals surface area (Å²) in [5.74, 6) is -1.19. The largest absolute Gasteiger partial charge is 0.455 e. The van der Waals surface area contributed by atoms with Gasteiger partial charge >= 0.3 is 5.97 Å². The molecule has 3 fully saturated rings. The van der Waals surface area contributed by atoms with E-state index in [0.29, 0.717) is 43.4 Å². The van der Waals surface area contributed by atoms with E-state index in [2.05, 4.69) is 0 Å². The smallest absolute Gasteiger partial charge is 0.338 e. The van der Waals surface area contributed by atoms with Crippen molar-refractivity contribution in [2.45, 2.75) is 83.7 Å². The third-order valence-corrected chi connectivity index (χ3v) is 9.58. The Morgan fingerprint density at radius 2 is 1.85 bits per heavy atom. The second-order valence-corrected chi connectivity index (χ2v) is 11.6. The lowest BCUT2D eigenvalue weighted by molar-refractivity contribution is -0.253. The Kier molecular flexibility index (Phi) is 5.58. The Morgan fingerprint density at radius 3 is 2.50 bits per heavy atom. The number of rotatable bonds is 2. The molecule has 0 amide bonds. The number of Topliss-reactive ketones (excluding diaryl/α,β-unsaturated/α-hetero) is 1. The molecule has 2 bridgehead atoms. The second-order valence-electron chi connectivity index (χ2n) is 11.6. The summed E-state index contributed by atoms with van der Waals surface area (Å²) in [5, 5.41) is 24.1. The van der Waals surface area contributed by atoms with Crippen LogP contribution in [0, 0.1) is 22.7 Å². The number of ether oxygens (including phenoxy) is 2. The van der Waals surface area contributed by atoms with Crippen molar-refractivity contribution >= 4 is 11.8 Å². The fourth-order valence-electron chi connectivity index (χ4n) is 7.48. The Labute approximate surface area is 201 Å². The normalized spacial score (nSPS) is 41.2. The minimum absolute atomic E-state index is 0.0156. The van der Waals surface area contributed by atoms with Crippen molar-refractivity contribution in [3.05, 3.63) is 47.0 Å². The first-order chi connectivity index (χ1) is 16.0. The number of hydrogen-bond donors (Lipinski definition) is 2. The molecule has 0 aromatic heterocycles. The fraction of sp³-hybridized carbons (Fsp3) is 0.643. The summed E-state index contributed by atoms with van der Waals surface area (Å²) in [6.45, 7) is 8.08. The number of carbonyl (C=O) groups excluding carboxylic acids is 2. The van der Waals surface area contributed by atoms with Crippen LogP contribution < -0.4 is 0 Å². The van der Waals surface area contributed by atoms with Crippen LogP contribution in [0.25, 0.3) is 0 Å². The summed E-state index contributed by atoms with van der Waals surface area (Å²) >= 11 is 0. The van der Waals surface area contributed by atoms with Gasteiger partial charge in [0.2, 0.25) is 0 Å². The third-order valence-electron chi connectivity index (χ3n) is 9.58. The molecule has 5 rings (SSSR count). The van der Waals surface area contributed by atoms with Crippen molar-refractivity contribution in [1.82, 2.24) is 0 Å². The predicted molar refractivity (Wildman–Crippen MR) is 126 cm³/mol. The molecular weight excluding hydrogens is 432 g/mol. The van der Waals surface area contributed by atoms with Crippen LogP contribution in [0.2, 0.25) is 0 Å². The lowest BCUT2D eigenvalue weighted by Crippen LogP contribution is -2.70. The van der Waals surface area contributed by atoms with E-state index in [0.717, 1.165) is 12.0 Å². The standard InChI is InChI=1S/C28H36O6/c1-16-9-8-13-28(32)24(34-25(31)17-10-6-5-7-11-17)21-18-15-33-19(18)12-14-27(21,4)23(30)22(29)20(16)26(28,2)3/h5-7,10-11,18-19,21-22,24,29,32H,8-9,12-15H2,1-4H3/t18?,19-,21+,22?,24+,27?,28?/m1/s1. The molecule has 1 aromatic rings. The molecule has 4 aliphatic rings.